The fraction of sp³-hybridized carbons (Fsp3) is 0.417. The number of hydrogen-bond donors (Lipinski definition) is 1. The highest BCUT2D eigenvalue weighted by molar-refractivity contribution is 5.74. The van der Waals surface area contributed by atoms with Crippen LogP contribution >= 0.6 is 0 Å². The molecule has 0 saturated carbocycles. The Bertz CT molecular complexity index is 337. The molecule has 1 aliphatic rings. The Morgan fingerprint density at radius 1 is 1.40 bits per heavy atom. The number of nitrogens with zero attached hydrogens (tertiary/aromatic N) is 1. The molecule has 1 aromatic rings. The van der Waals surface area contributed by atoms with Crippen LogP contribution in [-0.2, 0) is 11.2 Å². The number of carbonyl (C=O) groups is 1. The summed E-state index contributed by atoms with van der Waals surface area (Å²) >= 11 is 0. The van der Waals surface area contributed by atoms with Crippen LogP contribution in [0.5, 0.6) is 0 Å². The Morgan fingerprint density at radius 2 is 2.13 bits per heavy atom. The molecule has 15 heavy (non-hydrogen) atoms. The number of rotatable bonds is 4. The number of hydrogen-bond acceptors (Lipinski definition) is 2. The van der Waals surface area contributed by atoms with Crippen molar-refractivity contribution in [3.63, 3.8) is 0 Å². The second kappa shape index (κ2) is 4.45. The molecule has 0 aromatic heterocycles. The molecule has 1 N–H and O–H groups in total. The van der Waals surface area contributed by atoms with Gasteiger partial charge < -0.3 is 5.11 Å². The molecule has 1 fully saturated rings. The second-order valence-electron chi connectivity index (χ2n) is 3.91. The van der Waals surface area contributed by atoms with Gasteiger partial charge in [-0.15, -0.1) is 0 Å². The zero-order valence-corrected chi connectivity index (χ0v) is 8.60. The van der Waals surface area contributed by atoms with Crippen LogP contribution in [0.25, 0.3) is 0 Å². The Labute approximate surface area is 89.3 Å². The maximum atomic E-state index is 10.8. The monoisotopic (exact) mass is 205 g/mol. The standard InChI is InChI=1S/C12H15NO2/c14-12(15)11-7-9-13(11)8-6-10-4-2-1-3-5-10/h1-5,11H,6-9H2,(H,14,15)/t11-/m1/s1. The zero-order chi connectivity index (χ0) is 10.7. The highest BCUT2D eigenvalue weighted by Crippen LogP contribution is 2.17. The minimum atomic E-state index is -0.686. The summed E-state index contributed by atoms with van der Waals surface area (Å²) in [7, 11) is 0. The van der Waals surface area contributed by atoms with Crippen LogP contribution in [0.1, 0.15) is 12.0 Å². The number of benzene rings is 1. The van der Waals surface area contributed by atoms with Crippen molar-refractivity contribution in [2.24, 2.45) is 0 Å². The molecule has 0 amide bonds. The van der Waals surface area contributed by atoms with E-state index in [9.17, 15) is 4.79 Å². The van der Waals surface area contributed by atoms with E-state index in [1.54, 1.807) is 0 Å². The molecule has 0 spiro atoms. The third kappa shape index (κ3) is 2.36. The fourth-order valence-corrected chi connectivity index (χ4v) is 1.91. The van der Waals surface area contributed by atoms with Crippen molar-refractivity contribution in [1.29, 1.82) is 0 Å². The predicted molar refractivity (Wildman–Crippen MR) is 57.8 cm³/mol. The van der Waals surface area contributed by atoms with Crippen LogP contribution in [0.3, 0.4) is 0 Å². The SMILES string of the molecule is O=C(O)[C@H]1CCN1CCc1ccccc1. The van der Waals surface area contributed by atoms with Crippen molar-refractivity contribution in [1.82, 2.24) is 4.90 Å². The zero-order valence-electron chi connectivity index (χ0n) is 8.60. The summed E-state index contributed by atoms with van der Waals surface area (Å²) in [5.41, 5.74) is 1.27. The van der Waals surface area contributed by atoms with E-state index in [0.29, 0.717) is 0 Å². The topological polar surface area (TPSA) is 40.5 Å². The molecule has 3 nitrogen and oxygen atoms in total. The second-order valence-corrected chi connectivity index (χ2v) is 3.91. The number of aliphatic carboxylic acids is 1. The minimum Gasteiger partial charge on any atom is -0.480 e. The summed E-state index contributed by atoms with van der Waals surface area (Å²) < 4.78 is 0. The first-order valence-electron chi connectivity index (χ1n) is 5.28. The predicted octanol–water partition coefficient (Wildman–Crippen LogP) is 1.39. The maximum absolute atomic E-state index is 10.8. The van der Waals surface area contributed by atoms with Crippen LogP contribution in [0.4, 0.5) is 0 Å². The molecule has 1 atom stereocenters. The van der Waals surface area contributed by atoms with Gasteiger partial charge in [-0.2, -0.15) is 0 Å². The van der Waals surface area contributed by atoms with Gasteiger partial charge in [-0.05, 0) is 18.4 Å². The Hall–Kier alpha value is -1.35. The van der Waals surface area contributed by atoms with Crippen LogP contribution in [0, 0.1) is 0 Å². The summed E-state index contributed by atoms with van der Waals surface area (Å²) in [4.78, 5) is 12.8. The van der Waals surface area contributed by atoms with Gasteiger partial charge in [0, 0.05) is 13.1 Å². The largest absolute Gasteiger partial charge is 0.480 e. The maximum Gasteiger partial charge on any atom is 0.320 e. The quantitative estimate of drug-likeness (QED) is 0.807. The third-order valence-electron chi connectivity index (χ3n) is 2.95. The number of carboxylic acid groups (broad SMARTS) is 1. The van der Waals surface area contributed by atoms with E-state index in [0.717, 1.165) is 25.9 Å². The third-order valence-corrected chi connectivity index (χ3v) is 2.95. The smallest absolute Gasteiger partial charge is 0.320 e. The van der Waals surface area contributed by atoms with E-state index in [1.807, 2.05) is 23.1 Å². The van der Waals surface area contributed by atoms with Crippen LogP contribution in [0.2, 0.25) is 0 Å². The summed E-state index contributed by atoms with van der Waals surface area (Å²) in [5, 5.41) is 8.86. The van der Waals surface area contributed by atoms with Gasteiger partial charge in [-0.3, -0.25) is 9.69 Å². The molecular formula is C12H15NO2. The molecule has 0 radical (unpaired) electrons. The van der Waals surface area contributed by atoms with Gasteiger partial charge >= 0.3 is 5.97 Å². The molecular weight excluding hydrogens is 190 g/mol. The van der Waals surface area contributed by atoms with Crippen molar-refractivity contribution in [2.45, 2.75) is 18.9 Å². The first-order valence-corrected chi connectivity index (χ1v) is 5.28. The lowest BCUT2D eigenvalue weighted by molar-refractivity contribution is -0.148. The number of likely N-dealkylation sites (tertiary alicyclic amines) is 1. The Kier molecular flexibility index (Phi) is 3.02. The van der Waals surface area contributed by atoms with E-state index >= 15 is 0 Å². The lowest BCUT2D eigenvalue weighted by atomic mass is 10.0. The molecule has 1 heterocycles. The lowest BCUT2D eigenvalue weighted by Crippen LogP contribution is -2.52. The van der Waals surface area contributed by atoms with Gasteiger partial charge in [0.05, 0.1) is 0 Å². The van der Waals surface area contributed by atoms with E-state index in [-0.39, 0.29) is 6.04 Å². The summed E-state index contributed by atoms with van der Waals surface area (Å²) in [6, 6.07) is 9.94. The molecule has 0 aliphatic carbocycles. The van der Waals surface area contributed by atoms with Gasteiger partial charge in [-0.25, -0.2) is 0 Å². The van der Waals surface area contributed by atoms with Crippen LogP contribution in [0.15, 0.2) is 30.3 Å². The summed E-state index contributed by atoms with van der Waals surface area (Å²) in [6.45, 7) is 1.77. The molecule has 1 aliphatic heterocycles. The Morgan fingerprint density at radius 3 is 2.67 bits per heavy atom. The van der Waals surface area contributed by atoms with Crippen LogP contribution in [-0.4, -0.2) is 35.1 Å². The van der Waals surface area contributed by atoms with E-state index < -0.39 is 5.97 Å². The average Bonchev–Trinajstić information content (AvgIpc) is 2.17. The van der Waals surface area contributed by atoms with Crippen molar-refractivity contribution >= 4 is 5.97 Å². The summed E-state index contributed by atoms with van der Waals surface area (Å²) in [5.74, 6) is -0.686. The van der Waals surface area contributed by atoms with Gasteiger partial charge in [0.1, 0.15) is 6.04 Å². The normalized spacial score (nSPS) is 20.9. The molecule has 2 rings (SSSR count). The van der Waals surface area contributed by atoms with Crippen molar-refractivity contribution in [3.8, 4) is 0 Å². The lowest BCUT2D eigenvalue weighted by Gasteiger charge is -2.37. The molecule has 1 aromatic carbocycles. The highest BCUT2D eigenvalue weighted by atomic mass is 16.4. The van der Waals surface area contributed by atoms with Crippen molar-refractivity contribution < 1.29 is 9.90 Å². The van der Waals surface area contributed by atoms with Crippen molar-refractivity contribution in [2.75, 3.05) is 13.1 Å². The van der Waals surface area contributed by atoms with Crippen LogP contribution < -0.4 is 0 Å². The Balaban J connectivity index is 1.82. The molecule has 0 bridgehead atoms. The number of carboxylic acids is 1. The van der Waals surface area contributed by atoms with Gasteiger partial charge in [0.15, 0.2) is 0 Å². The van der Waals surface area contributed by atoms with Gasteiger partial charge in [-0.1, -0.05) is 30.3 Å². The first-order chi connectivity index (χ1) is 7.27. The molecule has 1 saturated heterocycles. The average molecular weight is 205 g/mol. The van der Waals surface area contributed by atoms with Gasteiger partial charge in [0.25, 0.3) is 0 Å². The van der Waals surface area contributed by atoms with E-state index in [1.165, 1.54) is 5.56 Å². The van der Waals surface area contributed by atoms with Crippen molar-refractivity contribution in [3.05, 3.63) is 35.9 Å². The first kappa shape index (κ1) is 10.2. The van der Waals surface area contributed by atoms with E-state index in [4.69, 9.17) is 5.11 Å². The fourth-order valence-electron chi connectivity index (χ4n) is 1.91. The molecule has 3 heteroatoms. The minimum absolute atomic E-state index is 0.242. The van der Waals surface area contributed by atoms with Gasteiger partial charge in [0.2, 0.25) is 0 Å². The molecule has 80 valence electrons. The van der Waals surface area contributed by atoms with E-state index in [2.05, 4.69) is 12.1 Å². The highest BCUT2D eigenvalue weighted by Gasteiger charge is 2.33. The summed E-state index contributed by atoms with van der Waals surface area (Å²) in [6.07, 6.45) is 1.73. The molecule has 0 unspecified atom stereocenters.